The van der Waals surface area contributed by atoms with Crippen LogP contribution in [0, 0.1) is 0 Å². The third kappa shape index (κ3) is 9.54. The predicted molar refractivity (Wildman–Crippen MR) is 123 cm³/mol. The first-order chi connectivity index (χ1) is 12.5. The van der Waals surface area contributed by atoms with E-state index in [9.17, 15) is 0 Å². The number of ether oxygens (including phenoxy) is 2. The number of aliphatic imine (C=N–C) groups is 1. The monoisotopic (exact) mass is 510 g/mol. The van der Waals surface area contributed by atoms with Gasteiger partial charge in [-0.15, -0.1) is 35.3 Å². The van der Waals surface area contributed by atoms with Crippen LogP contribution in [0.5, 0.6) is 0 Å². The van der Waals surface area contributed by atoms with Crippen LogP contribution in [0.1, 0.15) is 57.7 Å². The van der Waals surface area contributed by atoms with E-state index in [4.69, 9.17) is 14.5 Å². The van der Waals surface area contributed by atoms with Crippen molar-refractivity contribution in [2.45, 2.75) is 65.0 Å². The van der Waals surface area contributed by atoms with Gasteiger partial charge >= 0.3 is 0 Å². The summed E-state index contributed by atoms with van der Waals surface area (Å²) in [4.78, 5) is 9.33. The van der Waals surface area contributed by atoms with Crippen molar-refractivity contribution < 1.29 is 9.47 Å². The molecule has 1 unspecified atom stereocenters. The molecule has 2 N–H and O–H groups in total. The molecule has 156 valence electrons. The van der Waals surface area contributed by atoms with E-state index < -0.39 is 0 Å². The lowest BCUT2D eigenvalue weighted by Crippen LogP contribution is -2.38. The number of nitrogens with zero attached hydrogens (tertiary/aromatic N) is 2. The van der Waals surface area contributed by atoms with Crippen molar-refractivity contribution in [1.82, 2.24) is 15.6 Å². The van der Waals surface area contributed by atoms with Crippen molar-refractivity contribution in [2.75, 3.05) is 32.9 Å². The van der Waals surface area contributed by atoms with Gasteiger partial charge in [-0.25, -0.2) is 9.98 Å². The Morgan fingerprint density at radius 2 is 2.22 bits per heavy atom. The van der Waals surface area contributed by atoms with E-state index in [-0.39, 0.29) is 29.4 Å². The van der Waals surface area contributed by atoms with Crippen LogP contribution in [0.4, 0.5) is 0 Å². The normalized spacial score (nSPS) is 17.6. The largest absolute Gasteiger partial charge is 0.379 e. The fourth-order valence-electron chi connectivity index (χ4n) is 2.60. The van der Waals surface area contributed by atoms with Crippen LogP contribution in [0.3, 0.4) is 0 Å². The van der Waals surface area contributed by atoms with Crippen molar-refractivity contribution >= 4 is 41.3 Å². The number of rotatable bonds is 9. The second kappa shape index (κ2) is 12.9. The van der Waals surface area contributed by atoms with E-state index in [1.54, 1.807) is 11.3 Å². The van der Waals surface area contributed by atoms with Gasteiger partial charge in [0.1, 0.15) is 0 Å². The number of hydrogen-bond acceptors (Lipinski definition) is 5. The number of aromatic nitrogens is 1. The van der Waals surface area contributed by atoms with Crippen LogP contribution in [-0.4, -0.2) is 50.0 Å². The molecule has 0 aliphatic carbocycles. The molecular weight excluding hydrogens is 475 g/mol. The third-order valence-corrected chi connectivity index (χ3v) is 5.34. The maximum absolute atomic E-state index is 5.69. The first-order valence-corrected chi connectivity index (χ1v) is 10.5. The highest BCUT2D eigenvalue weighted by molar-refractivity contribution is 14.0. The van der Waals surface area contributed by atoms with Gasteiger partial charge in [0.25, 0.3) is 0 Å². The Morgan fingerprint density at radius 1 is 1.41 bits per heavy atom. The molecule has 0 bridgehead atoms. The highest BCUT2D eigenvalue weighted by Crippen LogP contribution is 2.25. The van der Waals surface area contributed by atoms with Crippen molar-refractivity contribution in [3.8, 4) is 0 Å². The van der Waals surface area contributed by atoms with Gasteiger partial charge in [-0.2, -0.15) is 0 Å². The molecule has 6 nitrogen and oxygen atoms in total. The molecule has 27 heavy (non-hydrogen) atoms. The maximum atomic E-state index is 5.69. The molecule has 1 aromatic heterocycles. The SMILES string of the molecule is CCNC(=NCc1csc(C(C)(C)C)n1)NCCCOCC1CCCO1.I. The lowest BCUT2D eigenvalue weighted by atomic mass is 9.98. The number of halogens is 1. The molecule has 0 amide bonds. The molecule has 0 radical (unpaired) electrons. The van der Waals surface area contributed by atoms with Crippen molar-refractivity contribution in [3.05, 3.63) is 16.1 Å². The zero-order chi connectivity index (χ0) is 18.8. The Hall–Kier alpha value is -0.450. The van der Waals surface area contributed by atoms with Gasteiger partial charge in [-0.1, -0.05) is 20.8 Å². The second-order valence-corrected chi connectivity index (χ2v) is 8.44. The zero-order valence-corrected chi connectivity index (χ0v) is 20.2. The predicted octanol–water partition coefficient (Wildman–Crippen LogP) is 3.70. The Labute approximate surface area is 184 Å². The molecule has 8 heteroatoms. The summed E-state index contributed by atoms with van der Waals surface area (Å²) in [5.41, 5.74) is 1.12. The Balaban J connectivity index is 0.00000364. The summed E-state index contributed by atoms with van der Waals surface area (Å²) >= 11 is 1.71. The van der Waals surface area contributed by atoms with Crippen molar-refractivity contribution in [1.29, 1.82) is 0 Å². The molecule has 1 saturated heterocycles. The summed E-state index contributed by atoms with van der Waals surface area (Å²) in [6.07, 6.45) is 3.54. The van der Waals surface area contributed by atoms with E-state index in [0.29, 0.717) is 19.3 Å². The number of nitrogens with one attached hydrogen (secondary N) is 2. The number of thiazole rings is 1. The summed E-state index contributed by atoms with van der Waals surface area (Å²) in [5.74, 6) is 0.830. The second-order valence-electron chi connectivity index (χ2n) is 7.58. The highest BCUT2D eigenvalue weighted by Gasteiger charge is 2.18. The van der Waals surface area contributed by atoms with Gasteiger partial charge in [0.15, 0.2) is 5.96 Å². The van der Waals surface area contributed by atoms with E-state index in [2.05, 4.69) is 48.7 Å². The van der Waals surface area contributed by atoms with Crippen LogP contribution in [0.25, 0.3) is 0 Å². The van der Waals surface area contributed by atoms with Gasteiger partial charge in [0.05, 0.1) is 30.0 Å². The Morgan fingerprint density at radius 3 is 2.85 bits per heavy atom. The van der Waals surface area contributed by atoms with Crippen LogP contribution < -0.4 is 10.6 Å². The lowest BCUT2D eigenvalue weighted by Gasteiger charge is -2.13. The molecule has 1 aliphatic heterocycles. The van der Waals surface area contributed by atoms with Crippen LogP contribution in [-0.2, 0) is 21.4 Å². The molecule has 1 aliphatic rings. The number of guanidine groups is 1. The van der Waals surface area contributed by atoms with Crippen molar-refractivity contribution in [3.63, 3.8) is 0 Å². The highest BCUT2D eigenvalue weighted by atomic mass is 127. The van der Waals surface area contributed by atoms with Gasteiger partial charge in [0.2, 0.25) is 0 Å². The van der Waals surface area contributed by atoms with Crippen LogP contribution in [0.2, 0.25) is 0 Å². The molecule has 1 fully saturated rings. The van der Waals surface area contributed by atoms with Crippen molar-refractivity contribution in [2.24, 2.45) is 4.99 Å². The number of hydrogen-bond donors (Lipinski definition) is 2. The first-order valence-electron chi connectivity index (χ1n) is 9.65. The summed E-state index contributed by atoms with van der Waals surface area (Å²) in [5, 5.41) is 9.90. The minimum Gasteiger partial charge on any atom is -0.379 e. The molecule has 1 aromatic rings. The van der Waals surface area contributed by atoms with E-state index in [0.717, 1.165) is 62.2 Å². The first kappa shape index (κ1) is 24.6. The van der Waals surface area contributed by atoms with Gasteiger partial charge < -0.3 is 20.1 Å². The van der Waals surface area contributed by atoms with Gasteiger partial charge in [-0.05, 0) is 26.2 Å². The molecule has 0 saturated carbocycles. The molecule has 0 aromatic carbocycles. The quantitative estimate of drug-likeness (QED) is 0.230. The maximum Gasteiger partial charge on any atom is 0.191 e. The minimum absolute atomic E-state index is 0. The van der Waals surface area contributed by atoms with Crippen LogP contribution >= 0.6 is 35.3 Å². The van der Waals surface area contributed by atoms with E-state index in [1.807, 2.05) is 0 Å². The lowest BCUT2D eigenvalue weighted by molar-refractivity contribution is 0.0168. The average Bonchev–Trinajstić information content (AvgIpc) is 3.26. The smallest absolute Gasteiger partial charge is 0.191 e. The topological polar surface area (TPSA) is 67.8 Å². The van der Waals surface area contributed by atoms with E-state index >= 15 is 0 Å². The molecule has 1 atom stereocenters. The third-order valence-electron chi connectivity index (χ3n) is 4.02. The van der Waals surface area contributed by atoms with E-state index in [1.165, 1.54) is 0 Å². The average molecular weight is 510 g/mol. The molecular formula is C19H35IN4O2S. The van der Waals surface area contributed by atoms with Gasteiger partial charge in [-0.3, -0.25) is 0 Å². The summed E-state index contributed by atoms with van der Waals surface area (Å²) in [6, 6.07) is 0. The summed E-state index contributed by atoms with van der Waals surface area (Å²) < 4.78 is 11.2. The standard InChI is InChI=1S/C19H34N4O2S.HI/c1-5-20-18(21-9-7-10-24-13-16-8-6-11-25-16)22-12-15-14-26-17(23-15)19(2,3)4;/h14,16H,5-13H2,1-4H3,(H2,20,21,22);1H. The van der Waals surface area contributed by atoms with Crippen LogP contribution in [0.15, 0.2) is 10.4 Å². The summed E-state index contributed by atoms with van der Waals surface area (Å²) in [6.45, 7) is 13.2. The Bertz CT molecular complexity index is 554. The molecule has 2 rings (SSSR count). The minimum atomic E-state index is 0. The zero-order valence-electron chi connectivity index (χ0n) is 17.0. The fraction of sp³-hybridized carbons (Fsp3) is 0.789. The Kier molecular flexibility index (Phi) is 11.7. The summed E-state index contributed by atoms with van der Waals surface area (Å²) in [7, 11) is 0. The van der Waals surface area contributed by atoms with Gasteiger partial charge in [0, 0.05) is 37.1 Å². The molecule has 2 heterocycles. The molecule has 0 spiro atoms. The fourth-order valence-corrected chi connectivity index (χ4v) is 3.50.